The molecule has 0 saturated carbocycles. The Morgan fingerprint density at radius 2 is 1.72 bits per heavy atom. The Balaban J connectivity index is 2.04. The molecule has 0 heterocycles. The Hall–Kier alpha value is -2.91. The minimum Gasteiger partial charge on any atom is -0.494 e. The van der Waals surface area contributed by atoms with Gasteiger partial charge in [0.05, 0.1) is 18.0 Å². The lowest BCUT2D eigenvalue weighted by atomic mass is 10.1. The maximum absolute atomic E-state index is 12.4. The molecule has 2 aromatic carbocycles. The Morgan fingerprint density at radius 1 is 1.07 bits per heavy atom. The minimum absolute atomic E-state index is 0.0315. The Kier molecular flexibility index (Phi) is 7.35. The monoisotopic (exact) mass is 419 g/mol. The maximum Gasteiger partial charge on any atom is 0.251 e. The zero-order valence-electron chi connectivity index (χ0n) is 16.8. The Morgan fingerprint density at radius 3 is 2.31 bits per heavy atom. The lowest BCUT2D eigenvalue weighted by molar-refractivity contribution is -0.115. The quantitative estimate of drug-likeness (QED) is 0.605. The van der Waals surface area contributed by atoms with Gasteiger partial charge in [0.2, 0.25) is 15.9 Å². The van der Waals surface area contributed by atoms with Gasteiger partial charge in [-0.3, -0.25) is 9.59 Å². The summed E-state index contributed by atoms with van der Waals surface area (Å²) in [6, 6.07) is 9.75. The second-order valence-corrected chi connectivity index (χ2v) is 8.17. The van der Waals surface area contributed by atoms with E-state index in [0.717, 1.165) is 0 Å². The van der Waals surface area contributed by atoms with Crippen LogP contribution in [-0.4, -0.2) is 40.4 Å². The van der Waals surface area contributed by atoms with Crippen LogP contribution in [0.1, 0.15) is 28.4 Å². The average Bonchev–Trinajstić information content (AvgIpc) is 2.69. The van der Waals surface area contributed by atoms with E-state index in [-0.39, 0.29) is 17.0 Å². The second kappa shape index (κ2) is 9.53. The first-order valence-corrected chi connectivity index (χ1v) is 10.5. The van der Waals surface area contributed by atoms with Crippen molar-refractivity contribution >= 4 is 27.5 Å². The van der Waals surface area contributed by atoms with Crippen LogP contribution in [0.25, 0.3) is 0 Å². The van der Waals surface area contributed by atoms with E-state index >= 15 is 0 Å². The van der Waals surface area contributed by atoms with Gasteiger partial charge in [-0.05, 0) is 75.3 Å². The van der Waals surface area contributed by atoms with Crippen molar-refractivity contribution in [2.45, 2.75) is 25.7 Å². The molecular formula is C20H25N3O5S. The molecule has 29 heavy (non-hydrogen) atoms. The summed E-state index contributed by atoms with van der Waals surface area (Å²) in [6.07, 6.45) is 0. The maximum atomic E-state index is 12.4. The fraction of sp³-hybridized carbons (Fsp3) is 0.300. The van der Waals surface area contributed by atoms with Gasteiger partial charge in [-0.25, -0.2) is 13.1 Å². The number of amides is 2. The van der Waals surface area contributed by atoms with Gasteiger partial charge in [-0.1, -0.05) is 0 Å². The predicted octanol–water partition coefficient (Wildman–Crippen LogP) is 1.98. The Bertz CT molecular complexity index is 1000. The van der Waals surface area contributed by atoms with Crippen molar-refractivity contribution in [1.82, 2.24) is 10.0 Å². The van der Waals surface area contributed by atoms with Crippen LogP contribution in [0, 0.1) is 13.8 Å². The van der Waals surface area contributed by atoms with Gasteiger partial charge < -0.3 is 15.4 Å². The van der Waals surface area contributed by atoms with Gasteiger partial charge in [0.1, 0.15) is 5.75 Å². The van der Waals surface area contributed by atoms with Gasteiger partial charge in [0.25, 0.3) is 5.91 Å². The molecule has 0 atom stereocenters. The van der Waals surface area contributed by atoms with Gasteiger partial charge >= 0.3 is 0 Å². The molecule has 0 spiro atoms. The van der Waals surface area contributed by atoms with Crippen LogP contribution in [0.4, 0.5) is 5.69 Å². The van der Waals surface area contributed by atoms with Crippen molar-refractivity contribution in [2.75, 3.05) is 25.5 Å². The number of anilines is 1. The number of rotatable bonds is 8. The van der Waals surface area contributed by atoms with E-state index in [2.05, 4.69) is 15.4 Å². The van der Waals surface area contributed by atoms with Crippen LogP contribution in [0.3, 0.4) is 0 Å². The molecule has 0 fully saturated rings. The van der Waals surface area contributed by atoms with E-state index in [1.54, 1.807) is 44.2 Å². The lowest BCUT2D eigenvalue weighted by Gasteiger charge is -2.12. The van der Waals surface area contributed by atoms with Gasteiger partial charge in [0.15, 0.2) is 0 Å². The highest BCUT2D eigenvalue weighted by Gasteiger charge is 2.19. The van der Waals surface area contributed by atoms with E-state index in [4.69, 9.17) is 4.74 Å². The molecule has 2 aromatic rings. The van der Waals surface area contributed by atoms with Gasteiger partial charge in [-0.15, -0.1) is 0 Å². The van der Waals surface area contributed by atoms with Crippen molar-refractivity contribution in [3.8, 4) is 5.75 Å². The summed E-state index contributed by atoms with van der Waals surface area (Å²) in [5.74, 6) is -0.252. The number of hydrogen-bond acceptors (Lipinski definition) is 5. The first kappa shape index (κ1) is 22.4. The third-order valence-electron chi connectivity index (χ3n) is 4.30. The molecule has 0 aliphatic heterocycles. The molecular weight excluding hydrogens is 394 g/mol. The summed E-state index contributed by atoms with van der Waals surface area (Å²) >= 11 is 0. The SMILES string of the molecule is CCOc1ccc(NC(=O)CNC(=O)c2cc(C)c(C)c(S(=O)(=O)NC)c2)cc1. The zero-order valence-corrected chi connectivity index (χ0v) is 17.6. The van der Waals surface area contributed by atoms with E-state index in [0.29, 0.717) is 29.2 Å². The highest BCUT2D eigenvalue weighted by Crippen LogP contribution is 2.21. The van der Waals surface area contributed by atoms with E-state index in [1.807, 2.05) is 6.92 Å². The van der Waals surface area contributed by atoms with Crippen molar-refractivity contribution in [3.05, 3.63) is 53.1 Å². The number of carbonyl (C=O) groups is 2. The zero-order chi connectivity index (χ0) is 21.6. The van der Waals surface area contributed by atoms with Crippen LogP contribution in [0.5, 0.6) is 5.75 Å². The third kappa shape index (κ3) is 5.78. The molecule has 0 aliphatic carbocycles. The standard InChI is InChI=1S/C20H25N3O5S/c1-5-28-17-8-6-16(7-9-17)23-19(24)12-22-20(25)15-10-13(2)14(3)18(11-15)29(26,27)21-4/h6-11,21H,5,12H2,1-4H3,(H,22,25)(H,23,24). The van der Waals surface area contributed by atoms with Crippen LogP contribution in [0.15, 0.2) is 41.3 Å². The normalized spacial score (nSPS) is 11.0. The van der Waals surface area contributed by atoms with Crippen molar-refractivity contribution < 1.29 is 22.7 Å². The van der Waals surface area contributed by atoms with Crippen molar-refractivity contribution in [2.24, 2.45) is 0 Å². The molecule has 156 valence electrons. The van der Waals surface area contributed by atoms with E-state index in [1.165, 1.54) is 13.1 Å². The molecule has 8 nitrogen and oxygen atoms in total. The minimum atomic E-state index is -3.71. The largest absolute Gasteiger partial charge is 0.494 e. The second-order valence-electron chi connectivity index (χ2n) is 6.31. The smallest absolute Gasteiger partial charge is 0.251 e. The topological polar surface area (TPSA) is 114 Å². The van der Waals surface area contributed by atoms with Crippen LogP contribution in [0.2, 0.25) is 0 Å². The number of nitrogens with one attached hydrogen (secondary N) is 3. The van der Waals surface area contributed by atoms with Crippen LogP contribution in [-0.2, 0) is 14.8 Å². The Labute approximate surface area is 170 Å². The molecule has 3 N–H and O–H groups in total. The summed E-state index contributed by atoms with van der Waals surface area (Å²) in [5, 5.41) is 5.17. The fourth-order valence-electron chi connectivity index (χ4n) is 2.62. The summed E-state index contributed by atoms with van der Waals surface area (Å²) in [7, 11) is -2.40. The summed E-state index contributed by atoms with van der Waals surface area (Å²) in [5.41, 5.74) is 1.95. The highest BCUT2D eigenvalue weighted by molar-refractivity contribution is 7.89. The van der Waals surface area contributed by atoms with E-state index < -0.39 is 21.8 Å². The van der Waals surface area contributed by atoms with Crippen molar-refractivity contribution in [1.29, 1.82) is 0 Å². The number of benzene rings is 2. The summed E-state index contributed by atoms with van der Waals surface area (Å²) in [4.78, 5) is 24.5. The molecule has 2 amide bonds. The number of aryl methyl sites for hydroxylation is 1. The molecule has 9 heteroatoms. The fourth-order valence-corrected chi connectivity index (χ4v) is 3.68. The summed E-state index contributed by atoms with van der Waals surface area (Å²) < 4.78 is 31.9. The van der Waals surface area contributed by atoms with Gasteiger partial charge in [-0.2, -0.15) is 0 Å². The highest BCUT2D eigenvalue weighted by atomic mass is 32.2. The molecule has 0 unspecified atom stereocenters. The number of hydrogen-bond donors (Lipinski definition) is 3. The molecule has 0 aliphatic rings. The number of carbonyl (C=O) groups excluding carboxylic acids is 2. The molecule has 0 aromatic heterocycles. The van der Waals surface area contributed by atoms with Gasteiger partial charge in [0, 0.05) is 11.3 Å². The number of sulfonamides is 1. The molecule has 0 bridgehead atoms. The third-order valence-corrected chi connectivity index (χ3v) is 5.84. The van der Waals surface area contributed by atoms with E-state index in [9.17, 15) is 18.0 Å². The predicted molar refractivity (Wildman–Crippen MR) is 111 cm³/mol. The number of ether oxygens (including phenoxy) is 1. The lowest BCUT2D eigenvalue weighted by Crippen LogP contribution is -2.33. The van der Waals surface area contributed by atoms with Crippen LogP contribution >= 0.6 is 0 Å². The summed E-state index contributed by atoms with van der Waals surface area (Å²) in [6.45, 7) is 5.57. The first-order valence-electron chi connectivity index (χ1n) is 9.03. The first-order chi connectivity index (χ1) is 13.7. The molecule has 2 rings (SSSR count). The average molecular weight is 420 g/mol. The van der Waals surface area contributed by atoms with Crippen molar-refractivity contribution in [3.63, 3.8) is 0 Å². The van der Waals surface area contributed by atoms with Crippen LogP contribution < -0.4 is 20.1 Å². The molecule has 0 saturated heterocycles. The molecule has 0 radical (unpaired) electrons.